The Hall–Kier alpha value is -1.80. The van der Waals surface area contributed by atoms with Crippen LogP contribution in [-0.4, -0.2) is 6.29 Å². The molecular formula is C18H19ClO2. The third-order valence-corrected chi connectivity index (χ3v) is 3.60. The van der Waals surface area contributed by atoms with Crippen molar-refractivity contribution in [3.8, 4) is 11.5 Å². The zero-order valence-electron chi connectivity index (χ0n) is 12.7. The first-order chi connectivity index (χ1) is 9.81. The minimum atomic E-state index is -0.0183. The van der Waals surface area contributed by atoms with Crippen LogP contribution in [0, 0.1) is 6.92 Å². The number of aldehydes is 1. The first-order valence-corrected chi connectivity index (χ1v) is 7.23. The summed E-state index contributed by atoms with van der Waals surface area (Å²) in [6, 6.07) is 11.3. The molecule has 2 rings (SSSR count). The van der Waals surface area contributed by atoms with Gasteiger partial charge in [-0.25, -0.2) is 0 Å². The standard InChI is InChI=1S/C18H19ClO2/c1-12-5-8-15(18(2,3)4)17(9-12)21-14-7-6-13(11-20)16(19)10-14/h5-11H,1-4H3. The lowest BCUT2D eigenvalue weighted by atomic mass is 9.86. The molecule has 0 aliphatic carbocycles. The van der Waals surface area contributed by atoms with Gasteiger partial charge < -0.3 is 4.74 Å². The second-order valence-electron chi connectivity index (χ2n) is 6.15. The summed E-state index contributed by atoms with van der Waals surface area (Å²) in [5.41, 5.74) is 2.71. The van der Waals surface area contributed by atoms with Gasteiger partial charge in [-0.1, -0.05) is 44.5 Å². The molecule has 0 unspecified atom stereocenters. The van der Waals surface area contributed by atoms with Crippen molar-refractivity contribution < 1.29 is 9.53 Å². The van der Waals surface area contributed by atoms with Crippen LogP contribution in [0.1, 0.15) is 42.3 Å². The maximum atomic E-state index is 10.8. The summed E-state index contributed by atoms with van der Waals surface area (Å²) in [5, 5.41) is 0.396. The number of hydrogen-bond acceptors (Lipinski definition) is 2. The van der Waals surface area contributed by atoms with Gasteiger partial charge in [0, 0.05) is 17.2 Å². The molecule has 2 aromatic rings. The molecule has 0 N–H and O–H groups in total. The van der Waals surface area contributed by atoms with Gasteiger partial charge in [-0.2, -0.15) is 0 Å². The van der Waals surface area contributed by atoms with Crippen LogP contribution in [0.5, 0.6) is 11.5 Å². The Kier molecular flexibility index (Phi) is 4.38. The average Bonchev–Trinajstić information content (AvgIpc) is 2.37. The van der Waals surface area contributed by atoms with Gasteiger partial charge in [0.25, 0.3) is 0 Å². The van der Waals surface area contributed by atoms with Gasteiger partial charge in [-0.3, -0.25) is 4.79 Å². The van der Waals surface area contributed by atoms with Crippen molar-refractivity contribution in [1.29, 1.82) is 0 Å². The third-order valence-electron chi connectivity index (χ3n) is 3.27. The molecule has 0 heterocycles. The predicted molar refractivity (Wildman–Crippen MR) is 86.8 cm³/mol. The van der Waals surface area contributed by atoms with E-state index in [0.29, 0.717) is 16.3 Å². The average molecular weight is 303 g/mol. The molecule has 0 atom stereocenters. The highest BCUT2D eigenvalue weighted by atomic mass is 35.5. The second-order valence-corrected chi connectivity index (χ2v) is 6.56. The van der Waals surface area contributed by atoms with E-state index in [2.05, 4.69) is 32.9 Å². The minimum absolute atomic E-state index is 0.0183. The molecule has 0 fully saturated rings. The van der Waals surface area contributed by atoms with Gasteiger partial charge in [0.05, 0.1) is 5.02 Å². The summed E-state index contributed by atoms with van der Waals surface area (Å²) >= 11 is 6.05. The summed E-state index contributed by atoms with van der Waals surface area (Å²) in [6.45, 7) is 8.47. The molecule has 3 heteroatoms. The Labute approximate surface area is 130 Å². The highest BCUT2D eigenvalue weighted by Crippen LogP contribution is 2.35. The number of aryl methyl sites for hydroxylation is 1. The lowest BCUT2D eigenvalue weighted by molar-refractivity contribution is 0.112. The van der Waals surface area contributed by atoms with Crippen molar-refractivity contribution in [1.82, 2.24) is 0 Å². The van der Waals surface area contributed by atoms with E-state index < -0.39 is 0 Å². The quantitative estimate of drug-likeness (QED) is 0.695. The highest BCUT2D eigenvalue weighted by Gasteiger charge is 2.19. The Morgan fingerprint density at radius 3 is 2.38 bits per heavy atom. The third kappa shape index (κ3) is 3.64. The molecule has 0 spiro atoms. The van der Waals surface area contributed by atoms with Crippen LogP contribution >= 0.6 is 11.6 Å². The Morgan fingerprint density at radius 1 is 1.10 bits per heavy atom. The van der Waals surface area contributed by atoms with Gasteiger partial charge in [0.2, 0.25) is 0 Å². The molecule has 0 amide bonds. The first-order valence-electron chi connectivity index (χ1n) is 6.85. The molecule has 2 nitrogen and oxygen atoms in total. The van der Waals surface area contributed by atoms with Crippen LogP contribution in [0.15, 0.2) is 36.4 Å². The van der Waals surface area contributed by atoms with Gasteiger partial charge in [-0.05, 0) is 36.1 Å². The Morgan fingerprint density at radius 2 is 1.81 bits per heavy atom. The maximum Gasteiger partial charge on any atom is 0.151 e. The van der Waals surface area contributed by atoms with E-state index in [4.69, 9.17) is 16.3 Å². The van der Waals surface area contributed by atoms with Crippen molar-refractivity contribution in [2.75, 3.05) is 0 Å². The number of carbonyl (C=O) groups excluding carboxylic acids is 1. The molecular weight excluding hydrogens is 284 g/mol. The number of rotatable bonds is 3. The lowest BCUT2D eigenvalue weighted by Gasteiger charge is -2.23. The van der Waals surface area contributed by atoms with Crippen molar-refractivity contribution >= 4 is 17.9 Å². The Balaban J connectivity index is 2.41. The smallest absolute Gasteiger partial charge is 0.151 e. The van der Waals surface area contributed by atoms with E-state index in [9.17, 15) is 4.79 Å². The van der Waals surface area contributed by atoms with Crippen molar-refractivity contribution in [3.63, 3.8) is 0 Å². The fraction of sp³-hybridized carbons (Fsp3) is 0.278. The van der Waals surface area contributed by atoms with E-state index >= 15 is 0 Å². The van der Waals surface area contributed by atoms with Crippen LogP contribution in [-0.2, 0) is 5.41 Å². The van der Waals surface area contributed by atoms with E-state index in [0.717, 1.165) is 23.2 Å². The molecule has 0 aliphatic heterocycles. The summed E-state index contributed by atoms with van der Waals surface area (Å²) in [6.07, 6.45) is 0.735. The fourth-order valence-corrected chi connectivity index (χ4v) is 2.34. The van der Waals surface area contributed by atoms with Crippen molar-refractivity contribution in [2.24, 2.45) is 0 Å². The number of benzene rings is 2. The van der Waals surface area contributed by atoms with Crippen molar-refractivity contribution in [2.45, 2.75) is 33.1 Å². The molecule has 0 aliphatic rings. The number of halogens is 1. The van der Waals surface area contributed by atoms with Crippen LogP contribution in [0.4, 0.5) is 0 Å². The van der Waals surface area contributed by atoms with E-state index in [1.54, 1.807) is 18.2 Å². The fourth-order valence-electron chi connectivity index (χ4n) is 2.13. The normalized spacial score (nSPS) is 11.3. The molecule has 0 bridgehead atoms. The summed E-state index contributed by atoms with van der Waals surface area (Å²) in [7, 11) is 0. The molecule has 0 saturated heterocycles. The van der Waals surface area contributed by atoms with Gasteiger partial charge >= 0.3 is 0 Å². The zero-order chi connectivity index (χ0) is 15.6. The van der Waals surface area contributed by atoms with Gasteiger partial charge in [0.1, 0.15) is 11.5 Å². The van der Waals surface area contributed by atoms with Gasteiger partial charge in [-0.15, -0.1) is 0 Å². The summed E-state index contributed by atoms with van der Waals surface area (Å²) < 4.78 is 6.00. The first kappa shape index (κ1) is 15.6. The second kappa shape index (κ2) is 5.90. The minimum Gasteiger partial charge on any atom is -0.457 e. The Bertz CT molecular complexity index is 669. The monoisotopic (exact) mass is 302 g/mol. The summed E-state index contributed by atoms with van der Waals surface area (Å²) in [4.78, 5) is 10.8. The lowest BCUT2D eigenvalue weighted by Crippen LogP contribution is -2.12. The van der Waals surface area contributed by atoms with E-state index in [-0.39, 0.29) is 5.41 Å². The van der Waals surface area contributed by atoms with Crippen LogP contribution in [0.25, 0.3) is 0 Å². The van der Waals surface area contributed by atoms with Crippen LogP contribution < -0.4 is 4.74 Å². The molecule has 0 aromatic heterocycles. The van der Waals surface area contributed by atoms with E-state index in [1.165, 1.54) is 0 Å². The number of carbonyl (C=O) groups is 1. The largest absolute Gasteiger partial charge is 0.457 e. The van der Waals surface area contributed by atoms with E-state index in [1.807, 2.05) is 13.0 Å². The summed E-state index contributed by atoms with van der Waals surface area (Å²) in [5.74, 6) is 1.44. The molecule has 2 aromatic carbocycles. The molecule has 110 valence electrons. The maximum absolute atomic E-state index is 10.8. The SMILES string of the molecule is Cc1ccc(C(C)(C)C)c(Oc2ccc(C=O)c(Cl)c2)c1. The zero-order valence-corrected chi connectivity index (χ0v) is 13.5. The highest BCUT2D eigenvalue weighted by molar-refractivity contribution is 6.33. The van der Waals surface area contributed by atoms with Gasteiger partial charge in [0.15, 0.2) is 6.29 Å². The molecule has 21 heavy (non-hydrogen) atoms. The van der Waals surface area contributed by atoms with Crippen molar-refractivity contribution in [3.05, 3.63) is 58.1 Å². The molecule has 0 saturated carbocycles. The predicted octanol–water partition coefficient (Wildman–Crippen LogP) is 5.55. The number of ether oxygens (including phenoxy) is 1. The van der Waals surface area contributed by atoms with Crippen LogP contribution in [0.3, 0.4) is 0 Å². The number of hydrogen-bond donors (Lipinski definition) is 0. The van der Waals surface area contributed by atoms with Crippen LogP contribution in [0.2, 0.25) is 5.02 Å². The molecule has 0 radical (unpaired) electrons. The topological polar surface area (TPSA) is 26.3 Å².